The zero-order chi connectivity index (χ0) is 13.7. The van der Waals surface area contributed by atoms with Crippen molar-refractivity contribution >= 4 is 27.8 Å². The molecule has 1 N–H and O–H groups in total. The van der Waals surface area contributed by atoms with Crippen molar-refractivity contribution < 1.29 is 19.1 Å². The summed E-state index contributed by atoms with van der Waals surface area (Å²) in [5.74, 6) is -1.70. The molecule has 98 valence electrons. The summed E-state index contributed by atoms with van der Waals surface area (Å²) in [6, 6.07) is 4.26. The molecule has 1 rings (SSSR count). The van der Waals surface area contributed by atoms with E-state index in [0.29, 0.717) is 12.0 Å². The standard InChI is InChI=1S/C12H13BrFNO3/c1-15(7-12(17)18)11(16)5-2-8-6-9(14)3-4-10(8)13/h3-4,6H,2,5,7H2,1H3,(H,17,18). The van der Waals surface area contributed by atoms with Crippen molar-refractivity contribution in [1.82, 2.24) is 4.90 Å². The van der Waals surface area contributed by atoms with Gasteiger partial charge in [0.25, 0.3) is 0 Å². The van der Waals surface area contributed by atoms with E-state index in [2.05, 4.69) is 15.9 Å². The van der Waals surface area contributed by atoms with Crippen LogP contribution in [0.15, 0.2) is 22.7 Å². The topological polar surface area (TPSA) is 57.6 Å². The van der Waals surface area contributed by atoms with Gasteiger partial charge in [-0.1, -0.05) is 15.9 Å². The maximum atomic E-state index is 13.0. The lowest BCUT2D eigenvalue weighted by Crippen LogP contribution is -2.32. The Balaban J connectivity index is 2.57. The van der Waals surface area contributed by atoms with E-state index < -0.39 is 5.97 Å². The van der Waals surface area contributed by atoms with Crippen molar-refractivity contribution in [2.75, 3.05) is 13.6 Å². The summed E-state index contributed by atoms with van der Waals surface area (Å²) < 4.78 is 13.7. The molecule has 0 aromatic heterocycles. The number of aryl methyl sites for hydroxylation is 1. The fourth-order valence-electron chi connectivity index (χ4n) is 1.46. The van der Waals surface area contributed by atoms with E-state index in [1.54, 1.807) is 6.07 Å². The predicted octanol–water partition coefficient (Wildman–Crippen LogP) is 2.06. The number of carboxylic acid groups (broad SMARTS) is 1. The molecule has 4 nitrogen and oxygen atoms in total. The minimum absolute atomic E-state index is 0.145. The summed E-state index contributed by atoms with van der Waals surface area (Å²) >= 11 is 3.27. The van der Waals surface area contributed by atoms with Gasteiger partial charge in [0, 0.05) is 17.9 Å². The third kappa shape index (κ3) is 4.44. The van der Waals surface area contributed by atoms with Gasteiger partial charge in [0.05, 0.1) is 0 Å². The number of carbonyl (C=O) groups excluding carboxylic acids is 1. The predicted molar refractivity (Wildman–Crippen MR) is 67.7 cm³/mol. The monoisotopic (exact) mass is 317 g/mol. The molecule has 1 aromatic rings. The molecule has 6 heteroatoms. The number of nitrogens with zero attached hydrogens (tertiary/aromatic N) is 1. The molecule has 1 amide bonds. The van der Waals surface area contributed by atoms with Crippen LogP contribution >= 0.6 is 15.9 Å². The van der Waals surface area contributed by atoms with Crippen LogP contribution in [-0.4, -0.2) is 35.5 Å². The summed E-state index contributed by atoms with van der Waals surface area (Å²) in [5, 5.41) is 8.55. The lowest BCUT2D eigenvalue weighted by Gasteiger charge is -2.14. The number of rotatable bonds is 5. The molecular formula is C12H13BrFNO3. The van der Waals surface area contributed by atoms with E-state index >= 15 is 0 Å². The van der Waals surface area contributed by atoms with E-state index in [1.807, 2.05) is 0 Å². The third-order valence-corrected chi connectivity index (χ3v) is 3.19. The Morgan fingerprint density at radius 1 is 1.44 bits per heavy atom. The highest BCUT2D eigenvalue weighted by Crippen LogP contribution is 2.19. The number of hydrogen-bond donors (Lipinski definition) is 1. The van der Waals surface area contributed by atoms with Crippen molar-refractivity contribution in [1.29, 1.82) is 0 Å². The molecule has 0 unspecified atom stereocenters. The molecular weight excluding hydrogens is 305 g/mol. The highest BCUT2D eigenvalue weighted by atomic mass is 79.9. The quantitative estimate of drug-likeness (QED) is 0.904. The lowest BCUT2D eigenvalue weighted by atomic mass is 10.1. The van der Waals surface area contributed by atoms with Crippen LogP contribution in [0.1, 0.15) is 12.0 Å². The Labute approximate surface area is 113 Å². The Morgan fingerprint density at radius 2 is 2.11 bits per heavy atom. The van der Waals surface area contributed by atoms with E-state index in [4.69, 9.17) is 5.11 Å². The molecule has 0 atom stereocenters. The third-order valence-electron chi connectivity index (χ3n) is 2.41. The van der Waals surface area contributed by atoms with Crippen molar-refractivity contribution in [2.45, 2.75) is 12.8 Å². The molecule has 0 bridgehead atoms. The first-order chi connectivity index (χ1) is 8.40. The van der Waals surface area contributed by atoms with Gasteiger partial charge in [0.15, 0.2) is 0 Å². The number of hydrogen-bond acceptors (Lipinski definition) is 2. The second kappa shape index (κ2) is 6.49. The van der Waals surface area contributed by atoms with Crippen LogP contribution in [-0.2, 0) is 16.0 Å². The largest absolute Gasteiger partial charge is 0.480 e. The Hall–Kier alpha value is -1.43. The van der Waals surface area contributed by atoms with E-state index in [9.17, 15) is 14.0 Å². The maximum Gasteiger partial charge on any atom is 0.323 e. The Bertz CT molecular complexity index is 465. The first kappa shape index (κ1) is 14.6. The van der Waals surface area contributed by atoms with Crippen molar-refractivity contribution in [3.8, 4) is 0 Å². The van der Waals surface area contributed by atoms with Gasteiger partial charge >= 0.3 is 5.97 Å². The zero-order valence-electron chi connectivity index (χ0n) is 9.82. The van der Waals surface area contributed by atoms with E-state index in [1.165, 1.54) is 19.2 Å². The van der Waals surface area contributed by atoms with Gasteiger partial charge in [0.1, 0.15) is 12.4 Å². The summed E-state index contributed by atoms with van der Waals surface area (Å²) in [5.41, 5.74) is 0.687. The molecule has 0 saturated carbocycles. The number of amides is 1. The van der Waals surface area contributed by atoms with Gasteiger partial charge in [-0.05, 0) is 30.2 Å². The van der Waals surface area contributed by atoms with Crippen LogP contribution in [0.4, 0.5) is 4.39 Å². The number of likely N-dealkylation sites (N-methyl/N-ethyl adjacent to an activating group) is 1. The molecule has 0 aliphatic carbocycles. The van der Waals surface area contributed by atoms with E-state index in [-0.39, 0.29) is 24.7 Å². The zero-order valence-corrected chi connectivity index (χ0v) is 11.4. The van der Waals surface area contributed by atoms with Crippen LogP contribution < -0.4 is 0 Å². The first-order valence-corrected chi connectivity index (χ1v) is 6.09. The number of carbonyl (C=O) groups is 2. The van der Waals surface area contributed by atoms with E-state index in [0.717, 1.165) is 9.37 Å². The molecule has 0 aliphatic rings. The number of halogens is 2. The molecule has 0 saturated heterocycles. The molecule has 0 aliphatic heterocycles. The van der Waals surface area contributed by atoms with Gasteiger partial charge in [-0.3, -0.25) is 9.59 Å². The van der Waals surface area contributed by atoms with Gasteiger partial charge in [-0.2, -0.15) is 0 Å². The average molecular weight is 318 g/mol. The Morgan fingerprint density at radius 3 is 2.72 bits per heavy atom. The number of aliphatic carboxylic acids is 1. The number of carboxylic acids is 1. The van der Waals surface area contributed by atoms with Crippen molar-refractivity contribution in [3.05, 3.63) is 34.1 Å². The highest BCUT2D eigenvalue weighted by molar-refractivity contribution is 9.10. The molecule has 0 heterocycles. The highest BCUT2D eigenvalue weighted by Gasteiger charge is 2.12. The fraction of sp³-hybridized carbons (Fsp3) is 0.333. The summed E-state index contributed by atoms with van der Waals surface area (Å²) in [7, 11) is 1.43. The molecule has 18 heavy (non-hydrogen) atoms. The molecule has 0 radical (unpaired) electrons. The van der Waals surface area contributed by atoms with Gasteiger partial charge in [0.2, 0.25) is 5.91 Å². The average Bonchev–Trinajstić information content (AvgIpc) is 2.29. The molecule has 0 fully saturated rings. The maximum absolute atomic E-state index is 13.0. The smallest absolute Gasteiger partial charge is 0.323 e. The minimum atomic E-state index is -1.06. The summed E-state index contributed by atoms with van der Waals surface area (Å²) in [6.45, 7) is -0.330. The van der Waals surface area contributed by atoms with Crippen LogP contribution in [0.25, 0.3) is 0 Å². The second-order valence-corrected chi connectivity index (χ2v) is 4.73. The minimum Gasteiger partial charge on any atom is -0.480 e. The molecule has 1 aromatic carbocycles. The van der Waals surface area contributed by atoms with Crippen LogP contribution in [0.2, 0.25) is 0 Å². The SMILES string of the molecule is CN(CC(=O)O)C(=O)CCc1cc(F)ccc1Br. The van der Waals surface area contributed by atoms with Crippen molar-refractivity contribution in [3.63, 3.8) is 0 Å². The number of benzene rings is 1. The summed E-state index contributed by atoms with van der Waals surface area (Å²) in [4.78, 5) is 23.2. The van der Waals surface area contributed by atoms with Crippen LogP contribution in [0.3, 0.4) is 0 Å². The van der Waals surface area contributed by atoms with Crippen molar-refractivity contribution in [2.24, 2.45) is 0 Å². The fourth-order valence-corrected chi connectivity index (χ4v) is 1.90. The van der Waals surface area contributed by atoms with Crippen LogP contribution in [0.5, 0.6) is 0 Å². The second-order valence-electron chi connectivity index (χ2n) is 3.88. The van der Waals surface area contributed by atoms with Gasteiger partial charge < -0.3 is 10.0 Å². The lowest BCUT2D eigenvalue weighted by molar-refractivity contribution is -0.143. The summed E-state index contributed by atoms with van der Waals surface area (Å²) in [6.07, 6.45) is 0.507. The molecule has 0 spiro atoms. The normalized spacial score (nSPS) is 10.2. The van der Waals surface area contributed by atoms with Gasteiger partial charge in [-0.15, -0.1) is 0 Å². The first-order valence-electron chi connectivity index (χ1n) is 5.30. The Kier molecular flexibility index (Phi) is 5.27. The van der Waals surface area contributed by atoms with Gasteiger partial charge in [-0.25, -0.2) is 4.39 Å². The van der Waals surface area contributed by atoms with Crippen LogP contribution in [0, 0.1) is 5.82 Å².